The van der Waals surface area contributed by atoms with Gasteiger partial charge in [-0.05, 0) is 31.2 Å². The number of benzene rings is 1. The molecule has 7 heteroatoms. The summed E-state index contributed by atoms with van der Waals surface area (Å²) in [7, 11) is -3.62. The molecule has 1 amide bonds. The Bertz CT molecular complexity index is 588. The lowest BCUT2D eigenvalue weighted by molar-refractivity contribution is -0.114. The van der Waals surface area contributed by atoms with Crippen molar-refractivity contribution >= 4 is 21.6 Å². The third-order valence-corrected chi connectivity index (χ3v) is 3.72. The maximum atomic E-state index is 11.9. The molecule has 0 aliphatic carbocycles. The number of rotatable bonds is 5. The van der Waals surface area contributed by atoms with E-state index in [0.29, 0.717) is 5.69 Å². The van der Waals surface area contributed by atoms with E-state index < -0.39 is 15.9 Å². The van der Waals surface area contributed by atoms with Gasteiger partial charge < -0.3 is 5.32 Å². The Morgan fingerprint density at radius 3 is 2.42 bits per heavy atom. The molecule has 0 radical (unpaired) electrons. The maximum Gasteiger partial charge on any atom is 0.240 e. The van der Waals surface area contributed by atoms with E-state index in [2.05, 4.69) is 10.0 Å². The van der Waals surface area contributed by atoms with Gasteiger partial charge in [-0.2, -0.15) is 5.26 Å². The van der Waals surface area contributed by atoms with Crippen LogP contribution in [-0.4, -0.2) is 20.9 Å². The molecule has 1 aromatic rings. The first kappa shape index (κ1) is 15.1. The summed E-state index contributed by atoms with van der Waals surface area (Å²) in [5.41, 5.74) is 0.525. The summed E-state index contributed by atoms with van der Waals surface area (Å²) in [4.78, 5) is 10.9. The number of hydrogen-bond donors (Lipinski definition) is 2. The highest BCUT2D eigenvalue weighted by molar-refractivity contribution is 7.89. The van der Waals surface area contributed by atoms with Gasteiger partial charge in [0.15, 0.2) is 0 Å². The Morgan fingerprint density at radius 2 is 1.95 bits per heavy atom. The van der Waals surface area contributed by atoms with Crippen LogP contribution in [0, 0.1) is 17.2 Å². The molecule has 0 saturated heterocycles. The van der Waals surface area contributed by atoms with Crippen LogP contribution in [0.5, 0.6) is 0 Å². The summed E-state index contributed by atoms with van der Waals surface area (Å²) < 4.78 is 26.1. The largest absolute Gasteiger partial charge is 0.326 e. The van der Waals surface area contributed by atoms with E-state index in [1.807, 2.05) is 6.07 Å². The first-order valence-electron chi connectivity index (χ1n) is 5.62. The lowest BCUT2D eigenvalue weighted by Gasteiger charge is -2.08. The Kier molecular flexibility index (Phi) is 5.03. The van der Waals surface area contributed by atoms with Crippen molar-refractivity contribution in [3.63, 3.8) is 0 Å². The molecule has 0 aliphatic heterocycles. The van der Waals surface area contributed by atoms with Crippen LogP contribution >= 0.6 is 0 Å². The van der Waals surface area contributed by atoms with E-state index in [0.717, 1.165) is 0 Å². The quantitative estimate of drug-likeness (QED) is 0.843. The average Bonchev–Trinajstić information content (AvgIpc) is 2.36. The molecular formula is C12H15N3O3S. The second-order valence-corrected chi connectivity index (χ2v) is 5.85. The van der Waals surface area contributed by atoms with Crippen molar-refractivity contribution < 1.29 is 13.2 Å². The van der Waals surface area contributed by atoms with Crippen LogP contribution in [0.2, 0.25) is 0 Å². The molecule has 19 heavy (non-hydrogen) atoms. The van der Waals surface area contributed by atoms with Gasteiger partial charge in [-0.25, -0.2) is 13.1 Å². The summed E-state index contributed by atoms with van der Waals surface area (Å²) in [6.07, 6.45) is 0. The molecule has 6 nitrogen and oxygen atoms in total. The highest BCUT2D eigenvalue weighted by Gasteiger charge is 2.14. The summed E-state index contributed by atoms with van der Waals surface area (Å²) in [6, 6.07) is 7.74. The zero-order chi connectivity index (χ0) is 14.5. The van der Waals surface area contributed by atoms with Crippen LogP contribution in [0.25, 0.3) is 0 Å². The SMILES string of the molecule is CC(=O)Nc1ccc(S(=O)(=O)NCC(C)C#N)cc1. The second kappa shape index (κ2) is 6.31. The molecule has 1 aromatic carbocycles. The molecule has 0 fully saturated rings. The van der Waals surface area contributed by atoms with Crippen molar-refractivity contribution in [1.29, 1.82) is 5.26 Å². The number of amides is 1. The predicted octanol–water partition coefficient (Wildman–Crippen LogP) is 1.08. The van der Waals surface area contributed by atoms with Crippen LogP contribution in [0.4, 0.5) is 5.69 Å². The normalized spacial score (nSPS) is 12.5. The number of carbonyl (C=O) groups is 1. The van der Waals surface area contributed by atoms with Gasteiger partial charge in [0.1, 0.15) is 0 Å². The minimum Gasteiger partial charge on any atom is -0.326 e. The molecule has 1 unspecified atom stereocenters. The fourth-order valence-electron chi connectivity index (χ4n) is 1.28. The van der Waals surface area contributed by atoms with Gasteiger partial charge in [0.05, 0.1) is 16.9 Å². The third-order valence-electron chi connectivity index (χ3n) is 2.28. The third kappa shape index (κ3) is 4.69. The fourth-order valence-corrected chi connectivity index (χ4v) is 2.41. The van der Waals surface area contributed by atoms with E-state index in [9.17, 15) is 13.2 Å². The Hall–Kier alpha value is -1.91. The summed E-state index contributed by atoms with van der Waals surface area (Å²) in [5, 5.41) is 11.1. The summed E-state index contributed by atoms with van der Waals surface area (Å²) >= 11 is 0. The Morgan fingerprint density at radius 1 is 1.37 bits per heavy atom. The summed E-state index contributed by atoms with van der Waals surface area (Å²) in [6.45, 7) is 3.06. The van der Waals surface area contributed by atoms with Crippen molar-refractivity contribution in [3.8, 4) is 6.07 Å². The van der Waals surface area contributed by atoms with Gasteiger partial charge in [-0.1, -0.05) is 0 Å². The lowest BCUT2D eigenvalue weighted by Crippen LogP contribution is -2.27. The van der Waals surface area contributed by atoms with E-state index >= 15 is 0 Å². The van der Waals surface area contributed by atoms with Crippen molar-refractivity contribution in [2.45, 2.75) is 18.7 Å². The van der Waals surface area contributed by atoms with E-state index in [4.69, 9.17) is 5.26 Å². The van der Waals surface area contributed by atoms with E-state index in [-0.39, 0.29) is 17.3 Å². The minimum atomic E-state index is -3.62. The second-order valence-electron chi connectivity index (χ2n) is 4.09. The van der Waals surface area contributed by atoms with Crippen LogP contribution in [0.15, 0.2) is 29.2 Å². The molecule has 0 aliphatic rings. The van der Waals surface area contributed by atoms with Gasteiger partial charge in [0.2, 0.25) is 15.9 Å². The molecule has 1 rings (SSSR count). The van der Waals surface area contributed by atoms with Crippen molar-refractivity contribution in [2.75, 3.05) is 11.9 Å². The maximum absolute atomic E-state index is 11.9. The van der Waals surface area contributed by atoms with Gasteiger partial charge in [-0.3, -0.25) is 4.79 Å². The van der Waals surface area contributed by atoms with Crippen molar-refractivity contribution in [3.05, 3.63) is 24.3 Å². The highest BCUT2D eigenvalue weighted by atomic mass is 32.2. The molecular weight excluding hydrogens is 266 g/mol. The van der Waals surface area contributed by atoms with Gasteiger partial charge in [0.25, 0.3) is 0 Å². The molecule has 0 spiro atoms. The van der Waals surface area contributed by atoms with E-state index in [1.54, 1.807) is 6.92 Å². The standard InChI is InChI=1S/C12H15N3O3S/c1-9(7-13)8-14-19(17,18)12-5-3-11(4-6-12)15-10(2)16/h3-6,9,14H,8H2,1-2H3,(H,15,16). The molecule has 0 aromatic heterocycles. The topological polar surface area (TPSA) is 99.1 Å². The number of nitrogens with one attached hydrogen (secondary N) is 2. The van der Waals surface area contributed by atoms with Crippen molar-refractivity contribution in [2.24, 2.45) is 5.92 Å². The number of nitriles is 1. The first-order chi connectivity index (χ1) is 8.85. The Balaban J connectivity index is 2.79. The fraction of sp³-hybridized carbons (Fsp3) is 0.333. The molecule has 0 saturated carbocycles. The lowest BCUT2D eigenvalue weighted by atomic mass is 10.2. The molecule has 2 N–H and O–H groups in total. The average molecular weight is 281 g/mol. The van der Waals surface area contributed by atoms with Gasteiger partial charge in [0, 0.05) is 19.2 Å². The smallest absolute Gasteiger partial charge is 0.240 e. The number of hydrogen-bond acceptors (Lipinski definition) is 4. The van der Waals surface area contributed by atoms with Crippen LogP contribution in [0.1, 0.15) is 13.8 Å². The van der Waals surface area contributed by atoms with Gasteiger partial charge in [-0.15, -0.1) is 0 Å². The highest BCUT2D eigenvalue weighted by Crippen LogP contribution is 2.14. The van der Waals surface area contributed by atoms with Gasteiger partial charge >= 0.3 is 0 Å². The predicted molar refractivity (Wildman–Crippen MR) is 70.7 cm³/mol. The Labute approximate surface area is 112 Å². The van der Waals surface area contributed by atoms with Crippen LogP contribution in [-0.2, 0) is 14.8 Å². The number of nitrogens with zero attached hydrogens (tertiary/aromatic N) is 1. The number of sulfonamides is 1. The molecule has 102 valence electrons. The molecule has 1 atom stereocenters. The van der Waals surface area contributed by atoms with E-state index in [1.165, 1.54) is 31.2 Å². The number of carbonyl (C=O) groups excluding carboxylic acids is 1. The zero-order valence-corrected chi connectivity index (χ0v) is 11.5. The molecule has 0 bridgehead atoms. The van der Waals surface area contributed by atoms with Crippen molar-refractivity contribution in [1.82, 2.24) is 4.72 Å². The van der Waals surface area contributed by atoms with Crippen LogP contribution in [0.3, 0.4) is 0 Å². The minimum absolute atomic E-state index is 0.0618. The monoisotopic (exact) mass is 281 g/mol. The summed E-state index contributed by atoms with van der Waals surface area (Å²) in [5.74, 6) is -0.620. The zero-order valence-electron chi connectivity index (χ0n) is 10.7. The molecule has 0 heterocycles. The first-order valence-corrected chi connectivity index (χ1v) is 7.10. The number of anilines is 1. The van der Waals surface area contributed by atoms with Crippen LogP contribution < -0.4 is 10.0 Å².